The maximum absolute atomic E-state index is 11.6. The molecule has 3 atom stereocenters. The molecular formula is C12H23N3O4. The minimum atomic E-state index is -1.19. The summed E-state index contributed by atoms with van der Waals surface area (Å²) in [5.41, 5.74) is 4.95. The van der Waals surface area contributed by atoms with Gasteiger partial charge >= 0.3 is 12.0 Å². The Balaban J connectivity index is 4.31. The van der Waals surface area contributed by atoms with Gasteiger partial charge in [-0.05, 0) is 19.3 Å². The van der Waals surface area contributed by atoms with Gasteiger partial charge in [-0.3, -0.25) is 4.79 Å². The lowest BCUT2D eigenvalue weighted by molar-refractivity contribution is -0.139. The largest absolute Gasteiger partial charge is 0.480 e. The first-order chi connectivity index (χ1) is 8.77. The Labute approximate surface area is 112 Å². The molecule has 0 saturated carbocycles. The number of carboxylic acid groups (broad SMARTS) is 1. The molecule has 0 aromatic heterocycles. The van der Waals surface area contributed by atoms with Crippen LogP contribution >= 0.6 is 0 Å². The van der Waals surface area contributed by atoms with Gasteiger partial charge in [0.2, 0.25) is 5.91 Å². The van der Waals surface area contributed by atoms with Crippen molar-refractivity contribution in [1.82, 2.24) is 10.6 Å². The predicted octanol–water partition coefficient (Wildman–Crippen LogP) is 0.439. The van der Waals surface area contributed by atoms with Gasteiger partial charge in [0.05, 0.1) is 0 Å². The van der Waals surface area contributed by atoms with Gasteiger partial charge in [-0.25, -0.2) is 9.59 Å². The molecule has 3 amide bonds. The molecule has 110 valence electrons. The van der Waals surface area contributed by atoms with Gasteiger partial charge in [-0.1, -0.05) is 20.3 Å². The van der Waals surface area contributed by atoms with Crippen LogP contribution in [0.25, 0.3) is 0 Å². The van der Waals surface area contributed by atoms with Crippen LogP contribution in [0.5, 0.6) is 0 Å². The van der Waals surface area contributed by atoms with Crippen molar-refractivity contribution in [2.45, 2.75) is 52.1 Å². The first-order valence-electron chi connectivity index (χ1n) is 6.36. The highest BCUT2D eigenvalue weighted by Crippen LogP contribution is 2.06. The molecule has 0 fully saturated rings. The van der Waals surface area contributed by atoms with Crippen molar-refractivity contribution in [3.63, 3.8) is 0 Å². The number of nitrogens with two attached hydrogens (primary N) is 1. The van der Waals surface area contributed by atoms with Crippen molar-refractivity contribution < 1.29 is 19.5 Å². The van der Waals surface area contributed by atoms with Crippen LogP contribution in [-0.2, 0) is 9.59 Å². The summed E-state index contributed by atoms with van der Waals surface area (Å²) >= 11 is 0. The highest BCUT2D eigenvalue weighted by atomic mass is 16.4. The van der Waals surface area contributed by atoms with E-state index in [1.54, 1.807) is 0 Å². The Morgan fingerprint density at radius 3 is 2.21 bits per heavy atom. The fourth-order valence-corrected chi connectivity index (χ4v) is 1.45. The summed E-state index contributed by atoms with van der Waals surface area (Å²) in [5.74, 6) is -1.49. The van der Waals surface area contributed by atoms with E-state index in [0.29, 0.717) is 5.92 Å². The molecule has 0 saturated heterocycles. The topological polar surface area (TPSA) is 122 Å². The van der Waals surface area contributed by atoms with Crippen molar-refractivity contribution in [2.75, 3.05) is 0 Å². The average molecular weight is 273 g/mol. The minimum absolute atomic E-state index is 0.0181. The van der Waals surface area contributed by atoms with Crippen LogP contribution in [0.1, 0.15) is 40.0 Å². The summed E-state index contributed by atoms with van der Waals surface area (Å²) in [4.78, 5) is 33.2. The summed E-state index contributed by atoms with van der Waals surface area (Å²) in [6.07, 6.45) is 0.805. The Morgan fingerprint density at radius 1 is 1.21 bits per heavy atom. The molecule has 0 heterocycles. The molecule has 0 spiro atoms. The number of hydrogen-bond donors (Lipinski definition) is 4. The second-order valence-corrected chi connectivity index (χ2v) is 4.69. The summed E-state index contributed by atoms with van der Waals surface area (Å²) in [6.45, 7) is 5.85. The van der Waals surface area contributed by atoms with E-state index in [2.05, 4.69) is 10.6 Å². The van der Waals surface area contributed by atoms with Gasteiger partial charge in [-0.15, -0.1) is 0 Å². The number of carbonyl (C=O) groups excluding carboxylic acids is 2. The third-order valence-corrected chi connectivity index (χ3v) is 3.14. The zero-order chi connectivity index (χ0) is 15.0. The fraction of sp³-hybridized carbons (Fsp3) is 0.750. The zero-order valence-corrected chi connectivity index (χ0v) is 11.6. The van der Waals surface area contributed by atoms with Gasteiger partial charge in [0, 0.05) is 12.5 Å². The second kappa shape index (κ2) is 8.34. The molecule has 0 radical (unpaired) electrons. The molecule has 7 nitrogen and oxygen atoms in total. The number of hydrogen-bond acceptors (Lipinski definition) is 3. The van der Waals surface area contributed by atoms with E-state index in [0.717, 1.165) is 6.42 Å². The van der Waals surface area contributed by atoms with Crippen LogP contribution in [0, 0.1) is 5.92 Å². The Hall–Kier alpha value is -1.79. The SMILES string of the molecule is CCC(C)C(C)NC(=O)NC(CCC(N)=O)C(=O)O. The number of primary amides is 1. The number of carboxylic acids is 1. The van der Waals surface area contributed by atoms with Crippen molar-refractivity contribution in [3.05, 3.63) is 0 Å². The molecular weight excluding hydrogens is 250 g/mol. The zero-order valence-electron chi connectivity index (χ0n) is 11.6. The Kier molecular flexibility index (Phi) is 7.55. The lowest BCUT2D eigenvalue weighted by atomic mass is 10.0. The number of carbonyl (C=O) groups is 3. The monoisotopic (exact) mass is 273 g/mol. The molecule has 5 N–H and O–H groups in total. The summed E-state index contributed by atoms with van der Waals surface area (Å²) in [5, 5.41) is 13.9. The molecule has 0 aromatic rings. The molecule has 0 aliphatic heterocycles. The lowest BCUT2D eigenvalue weighted by Crippen LogP contribution is -2.49. The predicted molar refractivity (Wildman–Crippen MR) is 70.4 cm³/mol. The number of urea groups is 1. The van der Waals surface area contributed by atoms with Crippen LogP contribution in [-0.4, -0.2) is 35.1 Å². The quantitative estimate of drug-likeness (QED) is 0.512. The summed E-state index contributed by atoms with van der Waals surface area (Å²) in [7, 11) is 0. The molecule has 7 heteroatoms. The van der Waals surface area contributed by atoms with Gasteiger partial charge in [0.1, 0.15) is 6.04 Å². The second-order valence-electron chi connectivity index (χ2n) is 4.69. The molecule has 0 aromatic carbocycles. The number of nitrogens with one attached hydrogen (secondary N) is 2. The highest BCUT2D eigenvalue weighted by Gasteiger charge is 2.21. The first kappa shape index (κ1) is 17.2. The van der Waals surface area contributed by atoms with E-state index >= 15 is 0 Å². The minimum Gasteiger partial charge on any atom is -0.480 e. The molecule has 0 aliphatic rings. The van der Waals surface area contributed by atoms with Gasteiger partial charge in [0.15, 0.2) is 0 Å². The highest BCUT2D eigenvalue weighted by molar-refractivity contribution is 5.83. The smallest absolute Gasteiger partial charge is 0.326 e. The van der Waals surface area contributed by atoms with Crippen LogP contribution in [0.3, 0.4) is 0 Å². The van der Waals surface area contributed by atoms with Crippen LogP contribution in [0.15, 0.2) is 0 Å². The van der Waals surface area contributed by atoms with E-state index < -0.39 is 23.9 Å². The van der Waals surface area contributed by atoms with Crippen molar-refractivity contribution >= 4 is 17.9 Å². The summed E-state index contributed by atoms with van der Waals surface area (Å²) in [6, 6.07) is -1.73. The standard InChI is InChI=1S/C12H23N3O4/c1-4-7(2)8(3)14-12(19)15-9(11(17)18)5-6-10(13)16/h7-9H,4-6H2,1-3H3,(H2,13,16)(H,17,18)(H2,14,15,19). The van der Waals surface area contributed by atoms with Crippen molar-refractivity contribution in [2.24, 2.45) is 11.7 Å². The maximum atomic E-state index is 11.6. The van der Waals surface area contributed by atoms with E-state index in [1.165, 1.54) is 0 Å². The number of rotatable bonds is 8. The fourth-order valence-electron chi connectivity index (χ4n) is 1.45. The number of amides is 3. The van der Waals surface area contributed by atoms with Crippen molar-refractivity contribution in [1.29, 1.82) is 0 Å². The van der Waals surface area contributed by atoms with E-state index in [1.807, 2.05) is 20.8 Å². The van der Waals surface area contributed by atoms with E-state index in [4.69, 9.17) is 10.8 Å². The third-order valence-electron chi connectivity index (χ3n) is 3.14. The average Bonchev–Trinajstić information content (AvgIpc) is 2.32. The molecule has 3 unspecified atom stereocenters. The third kappa shape index (κ3) is 7.28. The number of aliphatic carboxylic acids is 1. The Morgan fingerprint density at radius 2 is 1.79 bits per heavy atom. The van der Waals surface area contributed by atoms with Crippen LogP contribution in [0.2, 0.25) is 0 Å². The maximum Gasteiger partial charge on any atom is 0.326 e. The molecule has 19 heavy (non-hydrogen) atoms. The van der Waals surface area contributed by atoms with Gasteiger partial charge < -0.3 is 21.5 Å². The summed E-state index contributed by atoms with van der Waals surface area (Å²) < 4.78 is 0. The van der Waals surface area contributed by atoms with E-state index in [-0.39, 0.29) is 18.9 Å². The normalized spacial score (nSPS) is 15.1. The molecule has 0 bridgehead atoms. The van der Waals surface area contributed by atoms with Gasteiger partial charge in [-0.2, -0.15) is 0 Å². The lowest BCUT2D eigenvalue weighted by Gasteiger charge is -2.21. The van der Waals surface area contributed by atoms with Crippen LogP contribution in [0.4, 0.5) is 4.79 Å². The molecule has 0 aliphatic carbocycles. The molecule has 0 rings (SSSR count). The van der Waals surface area contributed by atoms with E-state index in [9.17, 15) is 14.4 Å². The first-order valence-corrected chi connectivity index (χ1v) is 6.36. The van der Waals surface area contributed by atoms with Gasteiger partial charge in [0.25, 0.3) is 0 Å². The van der Waals surface area contributed by atoms with Crippen LogP contribution < -0.4 is 16.4 Å². The van der Waals surface area contributed by atoms with Crippen molar-refractivity contribution in [3.8, 4) is 0 Å². The Bertz CT molecular complexity index is 333.